The van der Waals surface area contributed by atoms with E-state index < -0.39 is 0 Å². The van der Waals surface area contributed by atoms with Crippen LogP contribution in [0.15, 0.2) is 41.2 Å². The summed E-state index contributed by atoms with van der Waals surface area (Å²) in [7, 11) is 5.66. The number of anilines is 1. The first-order valence-corrected chi connectivity index (χ1v) is 15.5. The van der Waals surface area contributed by atoms with Gasteiger partial charge in [-0.05, 0) is 88.9 Å². The van der Waals surface area contributed by atoms with Gasteiger partial charge in [-0.1, -0.05) is 23.7 Å². The monoisotopic (exact) mass is 611 g/mol. The topological polar surface area (TPSA) is 91.8 Å². The Morgan fingerprint density at radius 2 is 1.84 bits per heavy atom. The summed E-state index contributed by atoms with van der Waals surface area (Å²) in [4.78, 5) is 30.4. The first-order valence-electron chi connectivity index (χ1n) is 15.1. The molecule has 2 aromatic carbocycles. The molecule has 0 aliphatic heterocycles. The summed E-state index contributed by atoms with van der Waals surface area (Å²) < 4.78 is 12.5. The van der Waals surface area contributed by atoms with Gasteiger partial charge >= 0.3 is 0 Å². The lowest BCUT2D eigenvalue weighted by atomic mass is 9.88. The summed E-state index contributed by atoms with van der Waals surface area (Å²) in [5, 5.41) is 6.19. The minimum atomic E-state index is -0.238. The summed E-state index contributed by atoms with van der Waals surface area (Å²) in [5.74, 6) is 0.637. The molecule has 1 aromatic heterocycles. The van der Waals surface area contributed by atoms with Crippen LogP contribution in [0.5, 0.6) is 5.75 Å². The Morgan fingerprint density at radius 1 is 1.12 bits per heavy atom. The van der Waals surface area contributed by atoms with E-state index in [-0.39, 0.29) is 18.0 Å². The molecule has 0 spiro atoms. The van der Waals surface area contributed by atoms with Gasteiger partial charge in [-0.3, -0.25) is 24.3 Å². The predicted molar refractivity (Wildman–Crippen MR) is 172 cm³/mol. The predicted octanol–water partition coefficient (Wildman–Crippen LogP) is 5.21. The third-order valence-electron chi connectivity index (χ3n) is 8.77. The fourth-order valence-corrected chi connectivity index (χ4v) is 6.38. The molecule has 0 bridgehead atoms. The van der Waals surface area contributed by atoms with E-state index in [0.29, 0.717) is 41.4 Å². The largest absolute Gasteiger partial charge is 0.491 e. The van der Waals surface area contributed by atoms with E-state index in [0.717, 1.165) is 61.5 Å². The fraction of sp³-hybridized carbons (Fsp3) is 0.515. The van der Waals surface area contributed by atoms with Crippen molar-refractivity contribution in [2.45, 2.75) is 71.6 Å². The minimum Gasteiger partial charge on any atom is -0.491 e. The van der Waals surface area contributed by atoms with E-state index in [4.69, 9.17) is 21.1 Å². The Balaban J connectivity index is 1.39. The first kappa shape index (κ1) is 32.6. The van der Waals surface area contributed by atoms with Crippen molar-refractivity contribution in [3.05, 3.63) is 79.7 Å². The summed E-state index contributed by atoms with van der Waals surface area (Å²) in [6.45, 7) is 8.95. The highest BCUT2D eigenvalue weighted by atomic mass is 35.5. The number of hydrogen-bond donors (Lipinski definition) is 2. The van der Waals surface area contributed by atoms with Gasteiger partial charge in [-0.2, -0.15) is 0 Å². The standard InChI is InChI=1S/C33H46ClN5O4/c1-7-39(27-13-11-26(12-14-27)37(4)21-24-9-8-10-28(17-24)43-16-15-42-6)31-19-25(34)18-29(22(31)2)32(40)35-20-30-23(3)38(5)36-33(30)41/h8-10,17-19,26-27H,7,11-16,20-21H2,1-6H3,(H,35,40)(H,36,41). The zero-order valence-corrected chi connectivity index (χ0v) is 27.1. The van der Waals surface area contributed by atoms with Crippen molar-refractivity contribution in [1.82, 2.24) is 20.0 Å². The molecule has 1 aliphatic carbocycles. The van der Waals surface area contributed by atoms with Crippen molar-refractivity contribution < 1.29 is 14.3 Å². The van der Waals surface area contributed by atoms with Gasteiger partial charge in [0.25, 0.3) is 11.5 Å². The van der Waals surface area contributed by atoms with Crippen LogP contribution in [0.2, 0.25) is 5.02 Å². The van der Waals surface area contributed by atoms with Gasteiger partial charge < -0.3 is 19.7 Å². The molecule has 0 radical (unpaired) electrons. The second-order valence-corrected chi connectivity index (χ2v) is 11.9. The van der Waals surface area contributed by atoms with Crippen LogP contribution in [-0.2, 0) is 24.9 Å². The molecule has 1 aliphatic rings. The van der Waals surface area contributed by atoms with E-state index in [1.165, 1.54) is 5.56 Å². The van der Waals surface area contributed by atoms with Crippen LogP contribution in [-0.4, -0.2) is 66.6 Å². The smallest absolute Gasteiger partial charge is 0.269 e. The number of benzene rings is 2. The number of methoxy groups -OCH3 is 1. The molecule has 1 fully saturated rings. The number of carbonyl (C=O) groups excluding carboxylic acids is 1. The second kappa shape index (κ2) is 14.9. The van der Waals surface area contributed by atoms with Crippen molar-refractivity contribution in [2.24, 2.45) is 7.05 Å². The van der Waals surface area contributed by atoms with Crippen LogP contribution in [0.25, 0.3) is 0 Å². The van der Waals surface area contributed by atoms with Gasteiger partial charge in [0.15, 0.2) is 0 Å². The molecule has 10 heteroatoms. The Bertz CT molecular complexity index is 1440. The Morgan fingerprint density at radius 3 is 2.49 bits per heavy atom. The third kappa shape index (κ3) is 8.02. The highest BCUT2D eigenvalue weighted by molar-refractivity contribution is 6.31. The number of rotatable bonds is 13. The van der Waals surface area contributed by atoms with Crippen LogP contribution >= 0.6 is 11.6 Å². The molecule has 1 heterocycles. The second-order valence-electron chi connectivity index (χ2n) is 11.5. The van der Waals surface area contributed by atoms with Crippen molar-refractivity contribution in [3.8, 4) is 5.75 Å². The van der Waals surface area contributed by atoms with Gasteiger partial charge in [0.05, 0.1) is 18.7 Å². The number of hydrogen-bond acceptors (Lipinski definition) is 6. The first-order chi connectivity index (χ1) is 20.6. The Hall–Kier alpha value is -3.27. The number of aromatic amines is 1. The summed E-state index contributed by atoms with van der Waals surface area (Å²) in [5.41, 5.74) is 4.83. The fourth-order valence-electron chi connectivity index (χ4n) is 6.17. The molecule has 1 amide bonds. The van der Waals surface area contributed by atoms with Gasteiger partial charge in [-0.15, -0.1) is 0 Å². The number of amides is 1. The molecule has 4 rings (SSSR count). The SMILES string of the molecule is CCN(c1cc(Cl)cc(C(=O)NCc2c(C)n(C)[nH]c2=O)c1C)C1CCC(N(C)Cc2cccc(OCCOC)c2)CC1. The quantitative estimate of drug-likeness (QED) is 0.258. The van der Waals surface area contributed by atoms with Gasteiger partial charge in [0.2, 0.25) is 0 Å². The Kier molecular flexibility index (Phi) is 11.3. The van der Waals surface area contributed by atoms with E-state index in [9.17, 15) is 9.59 Å². The van der Waals surface area contributed by atoms with E-state index in [1.54, 1.807) is 24.9 Å². The number of nitrogens with zero attached hydrogens (tertiary/aromatic N) is 3. The molecule has 0 atom stereocenters. The number of carbonyl (C=O) groups is 1. The van der Waals surface area contributed by atoms with Crippen LogP contribution in [0.4, 0.5) is 5.69 Å². The van der Waals surface area contributed by atoms with Crippen LogP contribution in [0.3, 0.4) is 0 Å². The summed E-state index contributed by atoms with van der Waals surface area (Å²) in [6, 6.07) is 12.9. The van der Waals surface area contributed by atoms with E-state index >= 15 is 0 Å². The zero-order chi connectivity index (χ0) is 31.1. The Labute approximate surface area is 260 Å². The number of aryl methyl sites for hydroxylation is 1. The molecular weight excluding hydrogens is 566 g/mol. The lowest BCUT2D eigenvalue weighted by molar-refractivity contribution is 0.0950. The van der Waals surface area contributed by atoms with Crippen molar-refractivity contribution in [2.75, 3.05) is 38.8 Å². The maximum Gasteiger partial charge on any atom is 0.269 e. The molecule has 0 saturated heterocycles. The van der Waals surface area contributed by atoms with Crippen LogP contribution in [0, 0.1) is 13.8 Å². The average molecular weight is 612 g/mol. The number of ether oxygens (including phenoxy) is 2. The number of halogens is 1. The summed E-state index contributed by atoms with van der Waals surface area (Å²) in [6.07, 6.45) is 4.32. The molecule has 1 saturated carbocycles. The van der Waals surface area contributed by atoms with E-state index in [1.807, 2.05) is 32.0 Å². The van der Waals surface area contributed by atoms with Crippen molar-refractivity contribution in [1.29, 1.82) is 0 Å². The third-order valence-corrected chi connectivity index (χ3v) is 8.98. The summed E-state index contributed by atoms with van der Waals surface area (Å²) >= 11 is 6.58. The average Bonchev–Trinajstić information content (AvgIpc) is 3.24. The van der Waals surface area contributed by atoms with Crippen molar-refractivity contribution >= 4 is 23.2 Å². The lowest BCUT2D eigenvalue weighted by Gasteiger charge is -2.41. The molecule has 0 unspecified atom stereocenters. The van der Waals surface area contributed by atoms with Gasteiger partial charge in [-0.25, -0.2) is 0 Å². The van der Waals surface area contributed by atoms with Gasteiger partial charge in [0.1, 0.15) is 12.4 Å². The van der Waals surface area contributed by atoms with Crippen molar-refractivity contribution in [3.63, 3.8) is 0 Å². The molecule has 2 N–H and O–H groups in total. The highest BCUT2D eigenvalue weighted by Gasteiger charge is 2.29. The normalized spacial score (nSPS) is 16.8. The maximum absolute atomic E-state index is 13.3. The molecule has 43 heavy (non-hydrogen) atoms. The highest BCUT2D eigenvalue weighted by Crippen LogP contribution is 2.34. The minimum absolute atomic E-state index is 0.155. The molecular formula is C33H46ClN5O4. The number of aromatic nitrogens is 2. The lowest BCUT2D eigenvalue weighted by Crippen LogP contribution is -2.43. The maximum atomic E-state index is 13.3. The van der Waals surface area contributed by atoms with Gasteiger partial charge in [0, 0.05) is 61.3 Å². The molecule has 9 nitrogen and oxygen atoms in total. The van der Waals surface area contributed by atoms with Crippen LogP contribution in [0.1, 0.15) is 65.3 Å². The van der Waals surface area contributed by atoms with E-state index in [2.05, 4.69) is 46.3 Å². The number of nitrogens with one attached hydrogen (secondary N) is 2. The zero-order valence-electron chi connectivity index (χ0n) is 26.3. The molecule has 234 valence electrons. The van der Waals surface area contributed by atoms with Crippen LogP contribution < -0.4 is 20.5 Å². The number of H-pyrrole nitrogens is 1. The molecule has 3 aromatic rings.